The molecule has 27 heavy (non-hydrogen) atoms. The van der Waals surface area contributed by atoms with E-state index in [1.165, 1.54) is 17.1 Å². The van der Waals surface area contributed by atoms with Crippen LogP contribution in [0.4, 0.5) is 0 Å². The number of nitrogens with one attached hydrogen (secondary N) is 3. The number of nitrogens with zero attached hydrogens (tertiary/aromatic N) is 2. The quantitative estimate of drug-likeness (QED) is 0.465. The van der Waals surface area contributed by atoms with Crippen LogP contribution in [0.2, 0.25) is 0 Å². The molecule has 0 spiro atoms. The maximum atomic E-state index is 12.4. The van der Waals surface area contributed by atoms with Crippen molar-refractivity contribution in [3.63, 3.8) is 0 Å². The molecule has 10 nitrogen and oxygen atoms in total. The van der Waals surface area contributed by atoms with E-state index >= 15 is 0 Å². The van der Waals surface area contributed by atoms with Crippen LogP contribution < -0.4 is 21.7 Å². The molecule has 0 saturated carbocycles. The number of hydrogen-bond donors (Lipinski definition) is 4. The number of thioether (sulfide) groups is 1. The minimum atomic E-state index is -0.962. The summed E-state index contributed by atoms with van der Waals surface area (Å²) in [6, 6.07) is -1.93. The molecule has 1 aromatic rings. The molecule has 0 aliphatic carbocycles. The van der Waals surface area contributed by atoms with Gasteiger partial charge in [-0.25, -0.2) is 4.98 Å². The van der Waals surface area contributed by atoms with Crippen LogP contribution in [0.5, 0.6) is 0 Å². The van der Waals surface area contributed by atoms with Gasteiger partial charge in [-0.15, -0.1) is 11.8 Å². The highest BCUT2D eigenvalue weighted by Gasteiger charge is 2.28. The van der Waals surface area contributed by atoms with Gasteiger partial charge in [-0.3, -0.25) is 34.4 Å². The molecule has 2 unspecified atom stereocenters. The SMILES string of the molecule is N[C@@H](Cc1cn(C(=O)C2CCCC(=O)N2)cn1)C(=O)NC(=O)C1CSCN1. The third-order valence-electron chi connectivity index (χ3n) is 4.47. The molecule has 0 aromatic carbocycles. The maximum absolute atomic E-state index is 12.4. The molecule has 2 fully saturated rings. The van der Waals surface area contributed by atoms with E-state index in [4.69, 9.17) is 5.73 Å². The van der Waals surface area contributed by atoms with Gasteiger partial charge in [0, 0.05) is 30.7 Å². The molecule has 3 atom stereocenters. The molecule has 0 bridgehead atoms. The van der Waals surface area contributed by atoms with Crippen molar-refractivity contribution in [3.8, 4) is 0 Å². The molecule has 1 aromatic heterocycles. The van der Waals surface area contributed by atoms with Crippen molar-refractivity contribution in [2.75, 3.05) is 11.6 Å². The molecule has 5 N–H and O–H groups in total. The largest absolute Gasteiger partial charge is 0.344 e. The van der Waals surface area contributed by atoms with Crippen LogP contribution in [0.15, 0.2) is 12.5 Å². The van der Waals surface area contributed by atoms with Crippen LogP contribution in [0.25, 0.3) is 0 Å². The van der Waals surface area contributed by atoms with Crippen LogP contribution in [-0.4, -0.2) is 62.9 Å². The summed E-state index contributed by atoms with van der Waals surface area (Å²) >= 11 is 1.58. The highest BCUT2D eigenvalue weighted by Crippen LogP contribution is 2.12. The summed E-state index contributed by atoms with van der Waals surface area (Å²) in [7, 11) is 0. The average molecular weight is 394 g/mol. The van der Waals surface area contributed by atoms with Gasteiger partial charge in [-0.1, -0.05) is 0 Å². The van der Waals surface area contributed by atoms with Gasteiger partial charge in [0.25, 0.3) is 5.91 Å². The second-order valence-electron chi connectivity index (χ2n) is 6.56. The number of piperidine rings is 1. The normalized spacial score (nSPS) is 23.5. The zero-order valence-corrected chi connectivity index (χ0v) is 15.5. The van der Waals surface area contributed by atoms with Crippen molar-refractivity contribution in [3.05, 3.63) is 18.2 Å². The zero-order valence-electron chi connectivity index (χ0n) is 14.6. The molecule has 2 aliphatic heterocycles. The summed E-state index contributed by atoms with van der Waals surface area (Å²) < 4.78 is 1.29. The van der Waals surface area contributed by atoms with Crippen molar-refractivity contribution in [2.24, 2.45) is 5.73 Å². The fourth-order valence-electron chi connectivity index (χ4n) is 2.94. The number of rotatable bonds is 5. The number of carbonyl (C=O) groups excluding carboxylic acids is 4. The Morgan fingerprint density at radius 1 is 1.41 bits per heavy atom. The number of hydrogen-bond acceptors (Lipinski definition) is 8. The van der Waals surface area contributed by atoms with E-state index in [0.717, 1.165) is 0 Å². The van der Waals surface area contributed by atoms with Crippen LogP contribution in [0.3, 0.4) is 0 Å². The molecule has 2 aliphatic rings. The van der Waals surface area contributed by atoms with E-state index in [2.05, 4.69) is 20.9 Å². The van der Waals surface area contributed by atoms with E-state index < -0.39 is 29.9 Å². The van der Waals surface area contributed by atoms with Crippen LogP contribution in [-0.2, 0) is 20.8 Å². The van der Waals surface area contributed by atoms with Crippen molar-refractivity contribution < 1.29 is 19.2 Å². The van der Waals surface area contributed by atoms with Crippen molar-refractivity contribution in [2.45, 2.75) is 43.8 Å². The monoisotopic (exact) mass is 394 g/mol. The summed E-state index contributed by atoms with van der Waals surface area (Å²) in [6.07, 6.45) is 4.59. The van der Waals surface area contributed by atoms with Crippen LogP contribution in [0, 0.1) is 0 Å². The number of imidazole rings is 1. The average Bonchev–Trinajstić information content (AvgIpc) is 3.33. The molecule has 0 radical (unpaired) electrons. The Morgan fingerprint density at radius 2 is 2.22 bits per heavy atom. The standard InChI is InChI=1S/C16H22N6O4S/c17-10(14(24)21-15(25)12-6-27-8-19-12)4-9-5-22(7-18-9)16(26)11-2-1-3-13(23)20-11/h5,7,10-12,19H,1-4,6,8,17H2,(H,20,23)(H,21,24,25)/t10-,11?,12?/m0/s1. The van der Waals surface area contributed by atoms with Gasteiger partial charge in [-0.05, 0) is 12.8 Å². The summed E-state index contributed by atoms with van der Waals surface area (Å²) in [4.78, 5) is 52.0. The maximum Gasteiger partial charge on any atom is 0.254 e. The Hall–Kier alpha value is -2.24. The third-order valence-corrected chi connectivity index (χ3v) is 5.41. The highest BCUT2D eigenvalue weighted by atomic mass is 32.2. The predicted octanol–water partition coefficient (Wildman–Crippen LogP) is -1.63. The molecule has 3 rings (SSSR count). The van der Waals surface area contributed by atoms with Crippen LogP contribution >= 0.6 is 11.8 Å². The first-order valence-corrected chi connectivity index (χ1v) is 9.87. The summed E-state index contributed by atoms with van der Waals surface area (Å²) in [5.74, 6) is -0.115. The molecular formula is C16H22N6O4S. The Balaban J connectivity index is 1.53. The summed E-state index contributed by atoms with van der Waals surface area (Å²) in [6.45, 7) is 0. The highest BCUT2D eigenvalue weighted by molar-refractivity contribution is 7.99. The van der Waals surface area contributed by atoms with Gasteiger partial charge in [0.2, 0.25) is 17.7 Å². The Labute approximate surface area is 160 Å². The number of carbonyl (C=O) groups is 4. The second-order valence-corrected chi connectivity index (χ2v) is 7.59. The van der Waals surface area contributed by atoms with E-state index in [-0.39, 0.29) is 18.2 Å². The topological polar surface area (TPSA) is 148 Å². The first-order chi connectivity index (χ1) is 12.9. The van der Waals surface area contributed by atoms with Crippen LogP contribution in [0.1, 0.15) is 29.8 Å². The molecular weight excluding hydrogens is 372 g/mol. The molecule has 3 amide bonds. The molecule has 2 saturated heterocycles. The third kappa shape index (κ3) is 4.93. The van der Waals surface area contributed by atoms with Crippen molar-refractivity contribution in [1.29, 1.82) is 0 Å². The first kappa shape index (κ1) is 19.5. The summed E-state index contributed by atoms with van der Waals surface area (Å²) in [5, 5.41) is 7.94. The lowest BCUT2D eigenvalue weighted by Gasteiger charge is -2.21. The Kier molecular flexibility index (Phi) is 6.24. The molecule has 146 valence electrons. The number of amides is 3. The lowest BCUT2D eigenvalue weighted by Crippen LogP contribution is -2.50. The predicted molar refractivity (Wildman–Crippen MR) is 97.7 cm³/mol. The minimum absolute atomic E-state index is 0.0866. The Morgan fingerprint density at radius 3 is 2.93 bits per heavy atom. The van der Waals surface area contributed by atoms with E-state index in [1.807, 2.05) is 0 Å². The smallest absolute Gasteiger partial charge is 0.254 e. The van der Waals surface area contributed by atoms with Crippen molar-refractivity contribution in [1.82, 2.24) is 25.5 Å². The lowest BCUT2D eigenvalue weighted by atomic mass is 10.0. The van der Waals surface area contributed by atoms with Gasteiger partial charge < -0.3 is 11.1 Å². The first-order valence-electron chi connectivity index (χ1n) is 8.72. The fraction of sp³-hybridized carbons (Fsp3) is 0.562. The number of imide groups is 1. The molecule has 3 heterocycles. The summed E-state index contributed by atoms with van der Waals surface area (Å²) in [5.41, 5.74) is 6.32. The van der Waals surface area contributed by atoms with Gasteiger partial charge in [0.15, 0.2) is 0 Å². The van der Waals surface area contributed by atoms with Gasteiger partial charge in [-0.2, -0.15) is 0 Å². The van der Waals surface area contributed by atoms with E-state index in [1.54, 1.807) is 11.8 Å². The van der Waals surface area contributed by atoms with Crippen molar-refractivity contribution >= 4 is 35.4 Å². The van der Waals surface area contributed by atoms with E-state index in [9.17, 15) is 19.2 Å². The zero-order chi connectivity index (χ0) is 19.4. The lowest BCUT2D eigenvalue weighted by molar-refractivity contribution is -0.132. The van der Waals surface area contributed by atoms with Gasteiger partial charge in [0.05, 0.1) is 17.8 Å². The van der Waals surface area contributed by atoms with E-state index in [0.29, 0.717) is 36.6 Å². The van der Waals surface area contributed by atoms with Gasteiger partial charge >= 0.3 is 0 Å². The molecule has 11 heteroatoms. The Bertz CT molecular complexity index is 745. The number of nitrogens with two attached hydrogens (primary N) is 1. The fourth-order valence-corrected chi connectivity index (χ4v) is 3.88. The van der Waals surface area contributed by atoms with Gasteiger partial charge in [0.1, 0.15) is 12.4 Å². The number of aromatic nitrogens is 2. The minimum Gasteiger partial charge on any atom is -0.344 e. The second kappa shape index (κ2) is 8.63.